The Morgan fingerprint density at radius 3 is 2.17 bits per heavy atom. The van der Waals surface area contributed by atoms with Gasteiger partial charge in [0.25, 0.3) is 0 Å². The molecular weight excluding hydrogens is 218 g/mol. The molecule has 0 unspecified atom stereocenters. The normalized spacial score (nSPS) is 20.0. The van der Waals surface area contributed by atoms with Gasteiger partial charge in [-0.15, -0.1) is 0 Å². The van der Waals surface area contributed by atoms with Gasteiger partial charge >= 0.3 is 0 Å². The van der Waals surface area contributed by atoms with E-state index < -0.39 is 0 Å². The van der Waals surface area contributed by atoms with Crippen LogP contribution in [0.3, 0.4) is 0 Å². The molecule has 0 heterocycles. The van der Waals surface area contributed by atoms with Crippen LogP contribution in [0.1, 0.15) is 56.2 Å². The Balaban J connectivity index is 1.85. The van der Waals surface area contributed by atoms with E-state index in [1.54, 1.807) is 0 Å². The maximum atomic E-state index is 3.73. The van der Waals surface area contributed by atoms with Crippen molar-refractivity contribution in [3.8, 4) is 0 Å². The first-order valence-electron chi connectivity index (χ1n) is 7.25. The van der Waals surface area contributed by atoms with E-state index in [0.717, 1.165) is 12.6 Å². The minimum atomic E-state index is 0.568. The summed E-state index contributed by atoms with van der Waals surface area (Å²) in [6.45, 7) is 10.2. The third-order valence-electron chi connectivity index (χ3n) is 4.22. The summed E-state index contributed by atoms with van der Waals surface area (Å²) in [6, 6.07) is 7.56. The summed E-state index contributed by atoms with van der Waals surface area (Å²) >= 11 is 0. The Hall–Kier alpha value is -0.820. The molecule has 1 aromatic carbocycles. The molecule has 0 aliphatic heterocycles. The second kappa shape index (κ2) is 5.44. The van der Waals surface area contributed by atoms with Crippen molar-refractivity contribution in [3.05, 3.63) is 34.9 Å². The van der Waals surface area contributed by atoms with Gasteiger partial charge in [0.05, 0.1) is 0 Å². The molecule has 1 heteroatoms. The summed E-state index contributed by atoms with van der Waals surface area (Å²) in [5.74, 6) is 0. The first kappa shape index (κ1) is 13.6. The summed E-state index contributed by atoms with van der Waals surface area (Å²) < 4.78 is 0. The standard InChI is InChI=1S/C17H27N/c1-13-9-14(2)11-15(10-13)12-18-16-5-7-17(3,4)8-6-16/h9-11,16,18H,5-8,12H2,1-4H3. The number of nitrogens with one attached hydrogen (secondary N) is 1. The van der Waals surface area contributed by atoms with Gasteiger partial charge in [0.1, 0.15) is 0 Å². The highest BCUT2D eigenvalue weighted by Gasteiger charge is 2.26. The summed E-state index contributed by atoms with van der Waals surface area (Å²) in [6.07, 6.45) is 5.38. The van der Waals surface area contributed by atoms with Crippen molar-refractivity contribution >= 4 is 0 Å². The Morgan fingerprint density at radius 2 is 1.61 bits per heavy atom. The van der Waals surface area contributed by atoms with E-state index in [1.807, 2.05) is 0 Å². The van der Waals surface area contributed by atoms with E-state index in [9.17, 15) is 0 Å². The van der Waals surface area contributed by atoms with Gasteiger partial charge in [0.2, 0.25) is 0 Å². The second-order valence-electron chi connectivity index (χ2n) is 6.82. The Bertz CT molecular complexity index is 376. The largest absolute Gasteiger partial charge is 0.310 e. The van der Waals surface area contributed by atoms with E-state index >= 15 is 0 Å². The van der Waals surface area contributed by atoms with Crippen LogP contribution in [0.15, 0.2) is 18.2 Å². The SMILES string of the molecule is Cc1cc(C)cc(CNC2CCC(C)(C)CC2)c1. The molecule has 0 spiro atoms. The topological polar surface area (TPSA) is 12.0 Å². The summed E-state index contributed by atoms with van der Waals surface area (Å²) in [5, 5.41) is 3.73. The molecular formula is C17H27N. The monoisotopic (exact) mass is 245 g/mol. The molecule has 1 fully saturated rings. The molecule has 0 radical (unpaired) electrons. The smallest absolute Gasteiger partial charge is 0.0208 e. The number of aryl methyl sites for hydroxylation is 2. The zero-order valence-corrected chi connectivity index (χ0v) is 12.3. The Morgan fingerprint density at radius 1 is 1.06 bits per heavy atom. The van der Waals surface area contributed by atoms with E-state index in [2.05, 4.69) is 51.2 Å². The number of hydrogen-bond donors (Lipinski definition) is 1. The van der Waals surface area contributed by atoms with Crippen LogP contribution >= 0.6 is 0 Å². The third kappa shape index (κ3) is 3.84. The molecule has 1 N–H and O–H groups in total. The number of rotatable bonds is 3. The average molecular weight is 245 g/mol. The van der Waals surface area contributed by atoms with Crippen LogP contribution in [-0.2, 0) is 6.54 Å². The van der Waals surface area contributed by atoms with Crippen molar-refractivity contribution in [2.45, 2.75) is 66.0 Å². The third-order valence-corrected chi connectivity index (χ3v) is 4.22. The summed E-state index contributed by atoms with van der Waals surface area (Å²) in [7, 11) is 0. The zero-order valence-electron chi connectivity index (χ0n) is 12.3. The fourth-order valence-corrected chi connectivity index (χ4v) is 3.04. The Kier molecular flexibility index (Phi) is 4.11. The van der Waals surface area contributed by atoms with E-state index in [4.69, 9.17) is 0 Å². The van der Waals surface area contributed by atoms with Gasteiger partial charge in [-0.05, 0) is 50.5 Å². The fourth-order valence-electron chi connectivity index (χ4n) is 3.04. The van der Waals surface area contributed by atoms with Crippen molar-refractivity contribution in [1.82, 2.24) is 5.32 Å². The molecule has 0 amide bonds. The van der Waals surface area contributed by atoms with Gasteiger partial charge in [-0.25, -0.2) is 0 Å². The van der Waals surface area contributed by atoms with Crippen molar-refractivity contribution in [3.63, 3.8) is 0 Å². The van der Waals surface area contributed by atoms with Crippen LogP contribution in [0.5, 0.6) is 0 Å². The fraction of sp³-hybridized carbons (Fsp3) is 0.647. The van der Waals surface area contributed by atoms with Crippen molar-refractivity contribution in [2.75, 3.05) is 0 Å². The van der Waals surface area contributed by atoms with E-state index in [1.165, 1.54) is 42.4 Å². The first-order valence-corrected chi connectivity index (χ1v) is 7.25. The average Bonchev–Trinajstić information content (AvgIpc) is 2.26. The lowest BCUT2D eigenvalue weighted by molar-refractivity contribution is 0.206. The van der Waals surface area contributed by atoms with Crippen molar-refractivity contribution in [1.29, 1.82) is 0 Å². The van der Waals surface area contributed by atoms with Crippen LogP contribution in [0.25, 0.3) is 0 Å². The molecule has 1 nitrogen and oxygen atoms in total. The molecule has 0 aromatic heterocycles. The molecule has 0 saturated heterocycles. The van der Waals surface area contributed by atoms with Gasteiger partial charge in [0.15, 0.2) is 0 Å². The highest BCUT2D eigenvalue weighted by Crippen LogP contribution is 2.35. The van der Waals surface area contributed by atoms with Crippen LogP contribution in [-0.4, -0.2) is 6.04 Å². The predicted molar refractivity (Wildman–Crippen MR) is 78.8 cm³/mol. The maximum Gasteiger partial charge on any atom is 0.0208 e. The lowest BCUT2D eigenvalue weighted by atomic mass is 9.75. The molecule has 2 rings (SSSR count). The quantitative estimate of drug-likeness (QED) is 0.834. The van der Waals surface area contributed by atoms with Crippen molar-refractivity contribution in [2.24, 2.45) is 5.41 Å². The summed E-state index contributed by atoms with van der Waals surface area (Å²) in [4.78, 5) is 0. The molecule has 1 aliphatic rings. The van der Waals surface area contributed by atoms with Gasteiger partial charge < -0.3 is 5.32 Å². The number of benzene rings is 1. The van der Waals surface area contributed by atoms with Crippen LogP contribution in [0.2, 0.25) is 0 Å². The van der Waals surface area contributed by atoms with Gasteiger partial charge in [-0.3, -0.25) is 0 Å². The lowest BCUT2D eigenvalue weighted by Crippen LogP contribution is -2.35. The molecule has 1 aliphatic carbocycles. The van der Waals surface area contributed by atoms with Crippen LogP contribution < -0.4 is 5.32 Å². The van der Waals surface area contributed by atoms with E-state index in [0.29, 0.717) is 5.41 Å². The molecule has 1 aromatic rings. The maximum absolute atomic E-state index is 3.73. The second-order valence-corrected chi connectivity index (χ2v) is 6.82. The van der Waals surface area contributed by atoms with Gasteiger partial charge in [-0.1, -0.05) is 43.2 Å². The first-order chi connectivity index (χ1) is 8.44. The predicted octanol–water partition coefficient (Wildman–Crippen LogP) is 4.36. The minimum absolute atomic E-state index is 0.568. The molecule has 0 bridgehead atoms. The lowest BCUT2D eigenvalue weighted by Gasteiger charge is -2.34. The van der Waals surface area contributed by atoms with Crippen LogP contribution in [0, 0.1) is 19.3 Å². The molecule has 0 atom stereocenters. The highest BCUT2D eigenvalue weighted by atomic mass is 14.9. The van der Waals surface area contributed by atoms with Gasteiger partial charge in [-0.2, -0.15) is 0 Å². The van der Waals surface area contributed by atoms with Gasteiger partial charge in [0, 0.05) is 12.6 Å². The number of hydrogen-bond acceptors (Lipinski definition) is 1. The zero-order chi connectivity index (χ0) is 13.2. The summed E-state index contributed by atoms with van der Waals surface area (Å²) in [5.41, 5.74) is 4.74. The molecule has 18 heavy (non-hydrogen) atoms. The Labute approximate surface area is 112 Å². The van der Waals surface area contributed by atoms with Crippen molar-refractivity contribution < 1.29 is 0 Å². The van der Waals surface area contributed by atoms with E-state index in [-0.39, 0.29) is 0 Å². The molecule has 100 valence electrons. The highest BCUT2D eigenvalue weighted by molar-refractivity contribution is 5.28. The van der Waals surface area contributed by atoms with Crippen LogP contribution in [0.4, 0.5) is 0 Å². The minimum Gasteiger partial charge on any atom is -0.310 e. The molecule has 1 saturated carbocycles.